The first-order chi connectivity index (χ1) is 15.3. The lowest BCUT2D eigenvalue weighted by atomic mass is 9.81. The molecule has 1 fully saturated rings. The summed E-state index contributed by atoms with van der Waals surface area (Å²) in [4.78, 5) is 0. The highest BCUT2D eigenvalue weighted by atomic mass is 16.5. The molecule has 0 unspecified atom stereocenters. The van der Waals surface area contributed by atoms with E-state index in [-0.39, 0.29) is 0 Å². The number of rotatable bonds is 13. The lowest BCUT2D eigenvalue weighted by Gasteiger charge is -2.30. The largest absolute Gasteiger partial charge is 0.494 e. The quantitative estimate of drug-likeness (QED) is 0.301. The number of unbranched alkanes of at least 4 members (excludes halogenated alkanes) is 7. The van der Waals surface area contributed by atoms with Crippen molar-refractivity contribution in [1.82, 2.24) is 0 Å². The van der Waals surface area contributed by atoms with E-state index in [1.165, 1.54) is 87.3 Å². The molecule has 0 amide bonds. The fourth-order valence-electron chi connectivity index (χ4n) is 4.85. The molecule has 0 heterocycles. The van der Waals surface area contributed by atoms with Crippen LogP contribution in [0.1, 0.15) is 95.5 Å². The van der Waals surface area contributed by atoms with E-state index >= 15 is 0 Å². The van der Waals surface area contributed by atoms with E-state index in [2.05, 4.69) is 55.5 Å². The topological polar surface area (TPSA) is 18.5 Å². The summed E-state index contributed by atoms with van der Waals surface area (Å²) in [5, 5.41) is 0. The minimum Gasteiger partial charge on any atom is -0.494 e. The Kier molecular flexibility index (Phi) is 10.4. The van der Waals surface area contributed by atoms with Gasteiger partial charge in [0.2, 0.25) is 0 Å². The van der Waals surface area contributed by atoms with Gasteiger partial charge in [0, 0.05) is 13.0 Å². The molecular weight excluding hydrogens is 380 g/mol. The van der Waals surface area contributed by atoms with Crippen LogP contribution in [0.25, 0.3) is 11.1 Å². The van der Waals surface area contributed by atoms with Gasteiger partial charge in [-0.1, -0.05) is 101 Å². The zero-order valence-electron chi connectivity index (χ0n) is 19.8. The van der Waals surface area contributed by atoms with Gasteiger partial charge in [-0.05, 0) is 48.1 Å². The van der Waals surface area contributed by atoms with Crippen LogP contribution in [0.4, 0.5) is 0 Å². The second-order valence-corrected chi connectivity index (χ2v) is 9.13. The average molecular weight is 423 g/mol. The number of hydrogen-bond donors (Lipinski definition) is 0. The third kappa shape index (κ3) is 7.68. The zero-order valence-corrected chi connectivity index (χ0v) is 19.8. The van der Waals surface area contributed by atoms with Crippen molar-refractivity contribution in [1.29, 1.82) is 0 Å². The molecule has 2 heteroatoms. The second kappa shape index (κ2) is 13.6. The summed E-state index contributed by atoms with van der Waals surface area (Å²) >= 11 is 0. The summed E-state index contributed by atoms with van der Waals surface area (Å²) in [6.07, 6.45) is 16.1. The molecule has 1 aliphatic carbocycles. The van der Waals surface area contributed by atoms with Gasteiger partial charge in [0.15, 0.2) is 0 Å². The Morgan fingerprint density at radius 3 is 1.94 bits per heavy atom. The molecule has 0 N–H and O–H groups in total. The molecule has 2 aromatic carbocycles. The smallest absolute Gasteiger partial charge is 0.119 e. The van der Waals surface area contributed by atoms with Gasteiger partial charge in [-0.3, -0.25) is 0 Å². The van der Waals surface area contributed by atoms with Crippen molar-refractivity contribution in [3.8, 4) is 16.9 Å². The Balaban J connectivity index is 1.41. The van der Waals surface area contributed by atoms with Crippen LogP contribution in [0.3, 0.4) is 0 Å². The number of hydrogen-bond acceptors (Lipinski definition) is 2. The predicted molar refractivity (Wildman–Crippen MR) is 132 cm³/mol. The van der Waals surface area contributed by atoms with Gasteiger partial charge >= 0.3 is 0 Å². The van der Waals surface area contributed by atoms with Crippen LogP contribution >= 0.6 is 0 Å². The maximum absolute atomic E-state index is 5.95. The molecular formula is C29H42O2. The van der Waals surface area contributed by atoms with Crippen LogP contribution in [0.5, 0.6) is 5.75 Å². The Labute approximate surface area is 190 Å². The van der Waals surface area contributed by atoms with Crippen molar-refractivity contribution < 1.29 is 9.47 Å². The second-order valence-electron chi connectivity index (χ2n) is 9.13. The van der Waals surface area contributed by atoms with Gasteiger partial charge < -0.3 is 9.47 Å². The number of benzene rings is 2. The van der Waals surface area contributed by atoms with Gasteiger partial charge in [0.25, 0.3) is 0 Å². The van der Waals surface area contributed by atoms with Crippen LogP contribution in [0.15, 0.2) is 48.5 Å². The zero-order chi connectivity index (χ0) is 21.7. The normalized spacial score (nSPS) is 18.8. The van der Waals surface area contributed by atoms with E-state index in [1.54, 1.807) is 0 Å². The Morgan fingerprint density at radius 1 is 0.710 bits per heavy atom. The molecule has 0 spiro atoms. The molecule has 3 rings (SSSR count). The predicted octanol–water partition coefficient (Wildman–Crippen LogP) is 8.55. The van der Waals surface area contributed by atoms with E-state index < -0.39 is 0 Å². The summed E-state index contributed by atoms with van der Waals surface area (Å²) in [5.41, 5.74) is 3.93. The molecule has 2 nitrogen and oxygen atoms in total. The molecule has 1 saturated carbocycles. The fourth-order valence-corrected chi connectivity index (χ4v) is 4.85. The Hall–Kier alpha value is -1.80. The highest BCUT2D eigenvalue weighted by Crippen LogP contribution is 2.35. The number of methoxy groups -OCH3 is 1. The minimum absolute atomic E-state index is 0.372. The SMILES string of the molecule is CCCCCCCCCCOc1ccc(-c2ccc([C@H]3CCCC[C@@H]3OC)cc2)cc1. The van der Waals surface area contributed by atoms with Gasteiger partial charge in [0.05, 0.1) is 12.7 Å². The number of ether oxygens (including phenoxy) is 2. The highest BCUT2D eigenvalue weighted by molar-refractivity contribution is 5.64. The molecule has 31 heavy (non-hydrogen) atoms. The van der Waals surface area contributed by atoms with Gasteiger partial charge in [-0.15, -0.1) is 0 Å². The van der Waals surface area contributed by atoms with Gasteiger partial charge in [-0.2, -0.15) is 0 Å². The Morgan fingerprint density at radius 2 is 1.29 bits per heavy atom. The summed E-state index contributed by atoms with van der Waals surface area (Å²) in [5.74, 6) is 1.52. The van der Waals surface area contributed by atoms with Crippen molar-refractivity contribution in [2.45, 2.75) is 96.0 Å². The summed E-state index contributed by atoms with van der Waals surface area (Å²) < 4.78 is 11.7. The van der Waals surface area contributed by atoms with E-state index in [0.717, 1.165) is 18.8 Å². The third-order valence-corrected chi connectivity index (χ3v) is 6.80. The molecule has 2 atom stereocenters. The van der Waals surface area contributed by atoms with Crippen molar-refractivity contribution >= 4 is 0 Å². The van der Waals surface area contributed by atoms with Crippen LogP contribution in [0, 0.1) is 0 Å². The van der Waals surface area contributed by atoms with E-state index in [0.29, 0.717) is 12.0 Å². The lowest BCUT2D eigenvalue weighted by molar-refractivity contribution is 0.0523. The molecule has 1 aliphatic rings. The van der Waals surface area contributed by atoms with E-state index in [9.17, 15) is 0 Å². The van der Waals surface area contributed by atoms with Gasteiger partial charge in [-0.25, -0.2) is 0 Å². The molecule has 0 bridgehead atoms. The maximum Gasteiger partial charge on any atom is 0.119 e. The molecule has 2 aromatic rings. The van der Waals surface area contributed by atoms with E-state index in [4.69, 9.17) is 9.47 Å². The van der Waals surface area contributed by atoms with Crippen molar-refractivity contribution in [3.05, 3.63) is 54.1 Å². The summed E-state index contributed by atoms with van der Waals surface area (Å²) in [7, 11) is 1.86. The third-order valence-electron chi connectivity index (χ3n) is 6.80. The molecule has 170 valence electrons. The van der Waals surface area contributed by atoms with Gasteiger partial charge in [0.1, 0.15) is 5.75 Å². The molecule has 0 radical (unpaired) electrons. The van der Waals surface area contributed by atoms with Crippen LogP contribution in [-0.4, -0.2) is 19.8 Å². The standard InChI is InChI=1S/C29H42O2/c1-3-4-5-6-7-8-9-12-23-31-27-21-19-25(20-22-27)24-15-17-26(18-16-24)28-13-10-11-14-29(28)30-2/h15-22,28-29H,3-14,23H2,1-2H3/t28-,29+/m1/s1. The van der Waals surface area contributed by atoms with Crippen molar-refractivity contribution in [2.24, 2.45) is 0 Å². The molecule has 0 aliphatic heterocycles. The highest BCUT2D eigenvalue weighted by Gasteiger charge is 2.26. The first-order valence-electron chi connectivity index (χ1n) is 12.7. The Bertz CT molecular complexity index is 719. The van der Waals surface area contributed by atoms with Crippen LogP contribution < -0.4 is 4.74 Å². The summed E-state index contributed by atoms with van der Waals surface area (Å²) in [6, 6.07) is 17.7. The van der Waals surface area contributed by atoms with Crippen LogP contribution in [0.2, 0.25) is 0 Å². The molecule has 0 aromatic heterocycles. The van der Waals surface area contributed by atoms with Crippen molar-refractivity contribution in [3.63, 3.8) is 0 Å². The maximum atomic E-state index is 5.95. The van der Waals surface area contributed by atoms with Crippen LogP contribution in [-0.2, 0) is 4.74 Å². The average Bonchev–Trinajstić information content (AvgIpc) is 2.83. The first-order valence-corrected chi connectivity index (χ1v) is 12.7. The monoisotopic (exact) mass is 422 g/mol. The van der Waals surface area contributed by atoms with Crippen molar-refractivity contribution in [2.75, 3.05) is 13.7 Å². The lowest BCUT2D eigenvalue weighted by Crippen LogP contribution is -2.24. The minimum atomic E-state index is 0.372. The fraction of sp³-hybridized carbons (Fsp3) is 0.586. The molecule has 0 saturated heterocycles. The first kappa shape index (κ1) is 23.9. The van der Waals surface area contributed by atoms with E-state index in [1.807, 2.05) is 7.11 Å². The summed E-state index contributed by atoms with van der Waals surface area (Å²) in [6.45, 7) is 3.10.